The van der Waals surface area contributed by atoms with Gasteiger partial charge in [0, 0.05) is 23.4 Å². The molecule has 1 N–H and O–H groups in total. The Morgan fingerprint density at radius 1 is 1.00 bits per heavy atom. The minimum Gasteiger partial charge on any atom is -0.497 e. The number of nitrogens with zero attached hydrogens (tertiary/aromatic N) is 1. The van der Waals surface area contributed by atoms with E-state index in [2.05, 4.69) is 10.5 Å². The van der Waals surface area contributed by atoms with E-state index >= 15 is 0 Å². The van der Waals surface area contributed by atoms with E-state index in [-0.39, 0.29) is 5.91 Å². The molecular formula is C19H20N2O4. The number of ether oxygens (including phenoxy) is 3. The Hall–Kier alpha value is -3.28. The first-order valence-corrected chi connectivity index (χ1v) is 7.54. The first-order chi connectivity index (χ1) is 12.2. The third kappa shape index (κ3) is 5.10. The smallest absolute Gasteiger partial charge is 0.271 e. The number of hydrogen-bond acceptors (Lipinski definition) is 5. The van der Waals surface area contributed by atoms with Gasteiger partial charge in [-0.2, -0.15) is 5.10 Å². The van der Waals surface area contributed by atoms with Gasteiger partial charge in [0.15, 0.2) is 0 Å². The third-order valence-electron chi connectivity index (χ3n) is 3.36. The summed E-state index contributed by atoms with van der Waals surface area (Å²) >= 11 is 0. The monoisotopic (exact) mass is 340 g/mol. The lowest BCUT2D eigenvalue weighted by molar-refractivity contribution is 0.0954. The summed E-state index contributed by atoms with van der Waals surface area (Å²) in [6.45, 7) is 0. The van der Waals surface area contributed by atoms with Gasteiger partial charge in [0.05, 0.1) is 21.3 Å². The predicted octanol–water partition coefficient (Wildman–Crippen LogP) is 3.14. The van der Waals surface area contributed by atoms with Crippen LogP contribution in [-0.4, -0.2) is 33.5 Å². The second kappa shape index (κ2) is 9.12. The van der Waals surface area contributed by atoms with Crippen LogP contribution in [0.1, 0.15) is 15.9 Å². The largest absolute Gasteiger partial charge is 0.497 e. The Bertz CT molecular complexity index is 762. The summed E-state index contributed by atoms with van der Waals surface area (Å²) in [5.74, 6) is 1.47. The molecule has 0 spiro atoms. The average Bonchev–Trinajstić information content (AvgIpc) is 2.67. The lowest BCUT2D eigenvalue weighted by Gasteiger charge is -2.07. The van der Waals surface area contributed by atoms with Gasteiger partial charge in [-0.1, -0.05) is 18.2 Å². The van der Waals surface area contributed by atoms with Crippen molar-refractivity contribution in [3.8, 4) is 17.2 Å². The summed E-state index contributed by atoms with van der Waals surface area (Å²) in [4.78, 5) is 12.1. The van der Waals surface area contributed by atoms with Gasteiger partial charge in [-0.05, 0) is 30.4 Å². The van der Waals surface area contributed by atoms with Gasteiger partial charge >= 0.3 is 0 Å². The zero-order valence-electron chi connectivity index (χ0n) is 14.4. The van der Waals surface area contributed by atoms with Crippen LogP contribution < -0.4 is 19.6 Å². The number of carbonyl (C=O) groups is 1. The molecule has 0 fully saturated rings. The highest BCUT2D eigenvalue weighted by Crippen LogP contribution is 2.22. The van der Waals surface area contributed by atoms with Crippen molar-refractivity contribution in [3.63, 3.8) is 0 Å². The zero-order valence-corrected chi connectivity index (χ0v) is 14.4. The van der Waals surface area contributed by atoms with Gasteiger partial charge in [0.25, 0.3) is 5.91 Å². The zero-order chi connectivity index (χ0) is 18.1. The Balaban J connectivity index is 2.00. The van der Waals surface area contributed by atoms with E-state index in [9.17, 15) is 4.79 Å². The van der Waals surface area contributed by atoms with E-state index in [4.69, 9.17) is 14.2 Å². The Morgan fingerprint density at radius 3 is 2.32 bits per heavy atom. The number of benzene rings is 2. The molecule has 2 aromatic carbocycles. The summed E-state index contributed by atoms with van der Waals surface area (Å²) in [6.07, 6.45) is 5.04. The molecule has 0 heterocycles. The summed E-state index contributed by atoms with van der Waals surface area (Å²) < 4.78 is 15.5. The van der Waals surface area contributed by atoms with Crippen LogP contribution in [0.5, 0.6) is 17.2 Å². The molecule has 0 aliphatic rings. The van der Waals surface area contributed by atoms with Gasteiger partial charge in [0.2, 0.25) is 0 Å². The van der Waals surface area contributed by atoms with Crippen molar-refractivity contribution in [1.29, 1.82) is 0 Å². The maximum absolute atomic E-state index is 12.1. The number of methoxy groups -OCH3 is 3. The molecule has 0 aliphatic carbocycles. The van der Waals surface area contributed by atoms with E-state index < -0.39 is 0 Å². The van der Waals surface area contributed by atoms with E-state index in [0.717, 1.165) is 11.3 Å². The molecule has 0 atom stereocenters. The highest BCUT2D eigenvalue weighted by molar-refractivity contribution is 5.95. The van der Waals surface area contributed by atoms with Crippen molar-refractivity contribution in [2.45, 2.75) is 0 Å². The summed E-state index contributed by atoms with van der Waals surface area (Å²) in [5.41, 5.74) is 3.76. The van der Waals surface area contributed by atoms with Crippen LogP contribution in [-0.2, 0) is 0 Å². The molecular weight excluding hydrogens is 320 g/mol. The highest BCUT2D eigenvalue weighted by atomic mass is 16.5. The normalized spacial score (nSPS) is 10.8. The fourth-order valence-corrected chi connectivity index (χ4v) is 2.09. The number of hydrazone groups is 1. The molecule has 1 amide bonds. The van der Waals surface area contributed by atoms with Crippen molar-refractivity contribution < 1.29 is 19.0 Å². The Morgan fingerprint density at radius 2 is 1.68 bits per heavy atom. The Kier molecular flexibility index (Phi) is 6.59. The highest BCUT2D eigenvalue weighted by Gasteiger charge is 2.08. The van der Waals surface area contributed by atoms with Crippen LogP contribution in [0.4, 0.5) is 0 Å². The number of allylic oxidation sites excluding steroid dienone is 1. The van der Waals surface area contributed by atoms with Crippen LogP contribution in [0.15, 0.2) is 53.6 Å². The molecule has 0 saturated heterocycles. The number of nitrogens with one attached hydrogen (secondary N) is 1. The standard InChI is InChI=1S/C19H20N2O4/c1-23-16-11-15(12-17(13-16)24-2)19(22)21-20-10-6-8-14-7-4-5-9-18(14)25-3/h4-13H,1-3H3,(H,21,22)/b8-6+,20-10-. The van der Waals surface area contributed by atoms with Gasteiger partial charge in [-0.25, -0.2) is 5.43 Å². The molecule has 0 radical (unpaired) electrons. The van der Waals surface area contributed by atoms with Gasteiger partial charge < -0.3 is 14.2 Å². The maximum Gasteiger partial charge on any atom is 0.271 e. The van der Waals surface area contributed by atoms with Crippen LogP contribution in [0.3, 0.4) is 0 Å². The lowest BCUT2D eigenvalue weighted by atomic mass is 10.2. The van der Waals surface area contributed by atoms with Crippen LogP contribution >= 0.6 is 0 Å². The molecule has 6 nitrogen and oxygen atoms in total. The molecule has 0 saturated carbocycles. The van der Waals surface area contributed by atoms with Crippen molar-refractivity contribution in [2.24, 2.45) is 5.10 Å². The van der Waals surface area contributed by atoms with Crippen LogP contribution in [0.25, 0.3) is 6.08 Å². The first-order valence-electron chi connectivity index (χ1n) is 7.54. The first kappa shape index (κ1) is 18.1. The van der Waals surface area contributed by atoms with Crippen molar-refractivity contribution in [3.05, 3.63) is 59.7 Å². The van der Waals surface area contributed by atoms with E-state index in [1.54, 1.807) is 31.4 Å². The van der Waals surface area contributed by atoms with Crippen molar-refractivity contribution in [2.75, 3.05) is 21.3 Å². The minimum absolute atomic E-state index is 0.362. The summed E-state index contributed by atoms with van der Waals surface area (Å²) in [7, 11) is 4.66. The molecule has 130 valence electrons. The second-order valence-electron chi connectivity index (χ2n) is 4.92. The molecule has 0 aromatic heterocycles. The summed E-state index contributed by atoms with van der Waals surface area (Å²) in [6, 6.07) is 12.5. The quantitative estimate of drug-likeness (QED) is 0.621. The average molecular weight is 340 g/mol. The molecule has 6 heteroatoms. The van der Waals surface area contributed by atoms with Crippen molar-refractivity contribution in [1.82, 2.24) is 5.43 Å². The van der Waals surface area contributed by atoms with Crippen molar-refractivity contribution >= 4 is 18.2 Å². The third-order valence-corrected chi connectivity index (χ3v) is 3.36. The maximum atomic E-state index is 12.1. The van der Waals surface area contributed by atoms with E-state index in [0.29, 0.717) is 17.1 Å². The SMILES string of the molecule is COc1cc(OC)cc(C(=O)N/N=C\C=C\c2ccccc2OC)c1. The predicted molar refractivity (Wildman–Crippen MR) is 97.5 cm³/mol. The number of carbonyl (C=O) groups excluding carboxylic acids is 1. The van der Waals surface area contributed by atoms with Crippen LogP contribution in [0, 0.1) is 0 Å². The minimum atomic E-state index is -0.362. The molecule has 0 aliphatic heterocycles. The molecule has 0 bridgehead atoms. The topological polar surface area (TPSA) is 69.2 Å². The molecule has 25 heavy (non-hydrogen) atoms. The molecule has 0 unspecified atom stereocenters. The number of rotatable bonds is 7. The number of hydrogen-bond donors (Lipinski definition) is 1. The molecule has 2 rings (SSSR count). The molecule has 2 aromatic rings. The second-order valence-corrected chi connectivity index (χ2v) is 4.92. The van der Waals surface area contributed by atoms with E-state index in [1.807, 2.05) is 30.3 Å². The van der Waals surface area contributed by atoms with E-state index in [1.165, 1.54) is 20.4 Å². The van der Waals surface area contributed by atoms with Gasteiger partial charge in [0.1, 0.15) is 17.2 Å². The van der Waals surface area contributed by atoms with Crippen LogP contribution in [0.2, 0.25) is 0 Å². The fraction of sp³-hybridized carbons (Fsp3) is 0.158. The fourth-order valence-electron chi connectivity index (χ4n) is 2.09. The summed E-state index contributed by atoms with van der Waals surface area (Å²) in [5, 5.41) is 3.90. The van der Waals surface area contributed by atoms with Gasteiger partial charge in [-0.15, -0.1) is 0 Å². The van der Waals surface area contributed by atoms with Gasteiger partial charge in [-0.3, -0.25) is 4.79 Å². The number of amides is 1. The number of para-hydroxylation sites is 1. The Labute approximate surface area is 146 Å². The lowest BCUT2D eigenvalue weighted by Crippen LogP contribution is -2.17.